The van der Waals surface area contributed by atoms with Crippen LogP contribution in [0.5, 0.6) is 0 Å². The van der Waals surface area contributed by atoms with Crippen LogP contribution in [0, 0.1) is 12.7 Å². The van der Waals surface area contributed by atoms with Gasteiger partial charge in [-0.2, -0.15) is 0 Å². The van der Waals surface area contributed by atoms with Crippen LogP contribution in [0.15, 0.2) is 42.5 Å². The Hall–Kier alpha value is -1.35. The molecule has 0 heterocycles. The van der Waals surface area contributed by atoms with Crippen molar-refractivity contribution in [1.29, 1.82) is 0 Å². The molecule has 1 nitrogen and oxygen atoms in total. The Kier molecular flexibility index (Phi) is 4.02. The first-order chi connectivity index (χ1) is 8.61. The Balaban J connectivity index is 2.37. The van der Waals surface area contributed by atoms with Crippen LogP contribution in [0.25, 0.3) is 0 Å². The van der Waals surface area contributed by atoms with Crippen molar-refractivity contribution in [2.24, 2.45) is 0 Å². The molecular formula is C15H15BrFN. The Morgan fingerprint density at radius 3 is 2.56 bits per heavy atom. The van der Waals surface area contributed by atoms with E-state index in [2.05, 4.69) is 15.9 Å². The number of anilines is 2. The van der Waals surface area contributed by atoms with Gasteiger partial charge in [-0.15, -0.1) is 0 Å². The van der Waals surface area contributed by atoms with E-state index in [1.807, 2.05) is 55.3 Å². The highest BCUT2D eigenvalue weighted by Gasteiger charge is 2.10. The van der Waals surface area contributed by atoms with Crippen LogP contribution in [0.1, 0.15) is 11.1 Å². The highest BCUT2D eigenvalue weighted by molar-refractivity contribution is 9.08. The van der Waals surface area contributed by atoms with Crippen LogP contribution in [-0.2, 0) is 5.33 Å². The normalized spacial score (nSPS) is 10.4. The lowest BCUT2D eigenvalue weighted by Gasteiger charge is -2.21. The maximum Gasteiger partial charge on any atom is 0.147 e. The third kappa shape index (κ3) is 2.72. The van der Waals surface area contributed by atoms with Gasteiger partial charge in [0.05, 0.1) is 5.69 Å². The maximum atomic E-state index is 14.0. The summed E-state index contributed by atoms with van der Waals surface area (Å²) in [4.78, 5) is 1.86. The smallest absolute Gasteiger partial charge is 0.147 e. The molecule has 0 N–H and O–H groups in total. The Morgan fingerprint density at radius 2 is 1.94 bits per heavy atom. The second-order valence-electron chi connectivity index (χ2n) is 4.32. The highest BCUT2D eigenvalue weighted by atomic mass is 79.9. The van der Waals surface area contributed by atoms with Crippen molar-refractivity contribution in [3.8, 4) is 0 Å². The van der Waals surface area contributed by atoms with Gasteiger partial charge in [-0.1, -0.05) is 34.1 Å². The second kappa shape index (κ2) is 5.53. The summed E-state index contributed by atoms with van der Waals surface area (Å²) < 4.78 is 14.0. The molecule has 2 aromatic rings. The summed E-state index contributed by atoms with van der Waals surface area (Å²) in [6.07, 6.45) is 0. The van der Waals surface area contributed by atoms with Gasteiger partial charge >= 0.3 is 0 Å². The van der Waals surface area contributed by atoms with Gasteiger partial charge in [-0.3, -0.25) is 0 Å². The summed E-state index contributed by atoms with van der Waals surface area (Å²) >= 11 is 3.33. The van der Waals surface area contributed by atoms with Gasteiger partial charge in [0.15, 0.2) is 0 Å². The number of hydrogen-bond donors (Lipinski definition) is 0. The molecular weight excluding hydrogens is 293 g/mol. The molecule has 0 saturated heterocycles. The summed E-state index contributed by atoms with van der Waals surface area (Å²) in [5, 5.41) is 0.665. The van der Waals surface area contributed by atoms with Crippen LogP contribution < -0.4 is 4.90 Å². The van der Waals surface area contributed by atoms with E-state index in [1.54, 1.807) is 6.07 Å². The molecule has 2 aromatic carbocycles. The molecule has 0 aromatic heterocycles. The lowest BCUT2D eigenvalue weighted by Crippen LogP contribution is -2.11. The first-order valence-electron chi connectivity index (χ1n) is 5.76. The van der Waals surface area contributed by atoms with Crippen molar-refractivity contribution in [3.63, 3.8) is 0 Å². The predicted octanol–water partition coefficient (Wildman–Crippen LogP) is 4.80. The lowest BCUT2D eigenvalue weighted by molar-refractivity contribution is 0.626. The number of nitrogens with zero attached hydrogens (tertiary/aromatic N) is 1. The number of benzene rings is 2. The van der Waals surface area contributed by atoms with Crippen molar-refractivity contribution in [2.75, 3.05) is 11.9 Å². The average molecular weight is 308 g/mol. The molecule has 3 heteroatoms. The quantitative estimate of drug-likeness (QED) is 0.736. The lowest BCUT2D eigenvalue weighted by atomic mass is 10.1. The zero-order chi connectivity index (χ0) is 13.1. The minimum Gasteiger partial charge on any atom is -0.342 e. The van der Waals surface area contributed by atoms with Crippen molar-refractivity contribution < 1.29 is 4.39 Å². The van der Waals surface area contributed by atoms with Crippen molar-refractivity contribution in [1.82, 2.24) is 0 Å². The molecule has 0 bridgehead atoms. The standard InChI is InChI=1S/C15H15BrFN/c1-11-4-3-5-13(8-11)18(2)15-7-6-12(10-16)9-14(15)17/h3-9H,10H2,1-2H3. The average Bonchev–Trinajstić information content (AvgIpc) is 2.37. The predicted molar refractivity (Wildman–Crippen MR) is 78.3 cm³/mol. The van der Waals surface area contributed by atoms with E-state index >= 15 is 0 Å². The summed E-state index contributed by atoms with van der Waals surface area (Å²) in [5.74, 6) is -0.198. The Morgan fingerprint density at radius 1 is 1.17 bits per heavy atom. The van der Waals surface area contributed by atoms with E-state index in [4.69, 9.17) is 0 Å². The van der Waals surface area contributed by atoms with Gasteiger partial charge in [0.2, 0.25) is 0 Å². The second-order valence-corrected chi connectivity index (χ2v) is 4.88. The minimum atomic E-state index is -0.198. The molecule has 0 amide bonds. The van der Waals surface area contributed by atoms with Crippen LogP contribution in [0.2, 0.25) is 0 Å². The first-order valence-corrected chi connectivity index (χ1v) is 6.89. The molecule has 0 saturated carbocycles. The summed E-state index contributed by atoms with van der Waals surface area (Å²) in [7, 11) is 1.88. The van der Waals surface area contributed by atoms with E-state index in [0.29, 0.717) is 11.0 Å². The van der Waals surface area contributed by atoms with Gasteiger partial charge in [-0.05, 0) is 42.3 Å². The summed E-state index contributed by atoms with van der Waals surface area (Å²) in [6, 6.07) is 13.3. The number of halogens is 2. The maximum absolute atomic E-state index is 14.0. The zero-order valence-electron chi connectivity index (χ0n) is 10.5. The van der Waals surface area contributed by atoms with Gasteiger partial charge in [0, 0.05) is 18.1 Å². The molecule has 0 aliphatic rings. The molecule has 0 aliphatic carbocycles. The molecule has 18 heavy (non-hydrogen) atoms. The van der Waals surface area contributed by atoms with E-state index in [1.165, 1.54) is 0 Å². The van der Waals surface area contributed by atoms with Crippen LogP contribution in [0.3, 0.4) is 0 Å². The van der Waals surface area contributed by atoms with Crippen molar-refractivity contribution in [3.05, 3.63) is 59.4 Å². The van der Waals surface area contributed by atoms with Crippen LogP contribution in [0.4, 0.5) is 15.8 Å². The topological polar surface area (TPSA) is 3.24 Å². The number of hydrogen-bond acceptors (Lipinski definition) is 1. The Bertz CT molecular complexity index is 554. The number of alkyl halides is 1. The van der Waals surface area contributed by atoms with Crippen molar-refractivity contribution in [2.45, 2.75) is 12.3 Å². The zero-order valence-corrected chi connectivity index (χ0v) is 12.0. The SMILES string of the molecule is Cc1cccc(N(C)c2ccc(CBr)cc2F)c1. The first kappa shape index (κ1) is 13.1. The largest absolute Gasteiger partial charge is 0.342 e. The molecule has 0 unspecified atom stereocenters. The third-order valence-corrected chi connectivity index (χ3v) is 3.56. The van der Waals surface area contributed by atoms with E-state index in [9.17, 15) is 4.39 Å². The van der Waals surface area contributed by atoms with Crippen molar-refractivity contribution >= 4 is 27.3 Å². The fraction of sp³-hybridized carbons (Fsp3) is 0.200. The molecule has 0 spiro atoms. The molecule has 0 radical (unpaired) electrons. The number of rotatable bonds is 3. The van der Waals surface area contributed by atoms with Gasteiger partial charge in [-0.25, -0.2) is 4.39 Å². The summed E-state index contributed by atoms with van der Waals surface area (Å²) in [5.41, 5.74) is 3.68. The fourth-order valence-corrected chi connectivity index (χ4v) is 2.23. The van der Waals surface area contributed by atoms with Crippen LogP contribution >= 0.6 is 15.9 Å². The van der Waals surface area contributed by atoms with Gasteiger partial charge < -0.3 is 4.90 Å². The highest BCUT2D eigenvalue weighted by Crippen LogP contribution is 2.27. The van der Waals surface area contributed by atoms with Crippen LogP contribution in [-0.4, -0.2) is 7.05 Å². The summed E-state index contributed by atoms with van der Waals surface area (Å²) in [6.45, 7) is 2.03. The molecule has 94 valence electrons. The van der Waals surface area contributed by atoms with E-state index < -0.39 is 0 Å². The van der Waals surface area contributed by atoms with Gasteiger partial charge in [0.25, 0.3) is 0 Å². The molecule has 0 fully saturated rings. The molecule has 0 atom stereocenters. The Labute approximate surface area is 115 Å². The molecule has 2 rings (SSSR count). The monoisotopic (exact) mass is 307 g/mol. The number of aryl methyl sites for hydroxylation is 1. The third-order valence-electron chi connectivity index (χ3n) is 2.92. The van der Waals surface area contributed by atoms with E-state index in [-0.39, 0.29) is 5.82 Å². The molecule has 0 aliphatic heterocycles. The minimum absolute atomic E-state index is 0.198. The van der Waals surface area contributed by atoms with Gasteiger partial charge in [0.1, 0.15) is 5.82 Å². The fourth-order valence-electron chi connectivity index (χ4n) is 1.88. The van der Waals surface area contributed by atoms with E-state index in [0.717, 1.165) is 16.8 Å².